The van der Waals surface area contributed by atoms with Crippen molar-refractivity contribution in [3.63, 3.8) is 0 Å². The zero-order valence-corrected chi connectivity index (χ0v) is 12.6. The minimum absolute atomic E-state index is 0.215. The molecular weight excluding hydrogens is 260 g/mol. The van der Waals surface area contributed by atoms with Gasteiger partial charge in [0.05, 0.1) is 11.2 Å². The van der Waals surface area contributed by atoms with Crippen molar-refractivity contribution in [2.24, 2.45) is 17.1 Å². The third-order valence-electron chi connectivity index (χ3n) is 5.01. The average Bonchev–Trinajstić information content (AvgIpc) is 2.53. The van der Waals surface area contributed by atoms with E-state index in [1.54, 1.807) is 0 Å². The number of hydrogen-bond acceptors (Lipinski definition) is 3. The Morgan fingerprint density at radius 1 is 1.33 bits per heavy atom. The van der Waals surface area contributed by atoms with Gasteiger partial charge in [0.1, 0.15) is 6.10 Å². The highest BCUT2D eigenvalue weighted by Gasteiger charge is 2.41. The van der Waals surface area contributed by atoms with Gasteiger partial charge in [-0.1, -0.05) is 44.0 Å². The topological polar surface area (TPSA) is 59.1 Å². The molecule has 0 saturated heterocycles. The number of pyridine rings is 1. The number of aliphatic hydroxyl groups is 1. The van der Waals surface area contributed by atoms with Gasteiger partial charge in [-0.25, -0.2) is 0 Å². The molecule has 0 bridgehead atoms. The molecule has 3 nitrogen and oxygen atoms in total. The van der Waals surface area contributed by atoms with Gasteiger partial charge in [0, 0.05) is 17.3 Å². The molecule has 3 atom stereocenters. The van der Waals surface area contributed by atoms with E-state index in [0.717, 1.165) is 35.9 Å². The van der Waals surface area contributed by atoms with Crippen molar-refractivity contribution in [2.75, 3.05) is 6.54 Å². The van der Waals surface area contributed by atoms with E-state index in [2.05, 4.69) is 11.9 Å². The highest BCUT2D eigenvalue weighted by atomic mass is 16.3. The van der Waals surface area contributed by atoms with E-state index in [1.165, 1.54) is 6.42 Å². The first-order valence-corrected chi connectivity index (χ1v) is 7.88. The zero-order chi connectivity index (χ0) is 14.9. The lowest BCUT2D eigenvalue weighted by atomic mass is 9.66. The summed E-state index contributed by atoms with van der Waals surface area (Å²) in [6, 6.07) is 12.0. The number of rotatable bonds is 3. The van der Waals surface area contributed by atoms with Gasteiger partial charge in [-0.2, -0.15) is 0 Å². The van der Waals surface area contributed by atoms with Gasteiger partial charge in [-0.15, -0.1) is 0 Å². The van der Waals surface area contributed by atoms with Crippen molar-refractivity contribution in [2.45, 2.75) is 38.7 Å². The maximum Gasteiger partial charge on any atom is 0.103 e. The molecule has 1 aromatic heterocycles. The lowest BCUT2D eigenvalue weighted by Gasteiger charge is -2.42. The fourth-order valence-electron chi connectivity index (χ4n) is 3.79. The Bertz CT molecular complexity index is 627. The summed E-state index contributed by atoms with van der Waals surface area (Å²) in [5, 5.41) is 12.0. The maximum absolute atomic E-state index is 10.9. The fraction of sp³-hybridized carbons (Fsp3) is 0.500. The van der Waals surface area contributed by atoms with Crippen LogP contribution in [0.25, 0.3) is 10.9 Å². The van der Waals surface area contributed by atoms with Crippen LogP contribution in [0.3, 0.4) is 0 Å². The van der Waals surface area contributed by atoms with Crippen molar-refractivity contribution in [3.05, 3.63) is 42.1 Å². The Morgan fingerprint density at radius 2 is 2.14 bits per heavy atom. The number of para-hydroxylation sites is 1. The van der Waals surface area contributed by atoms with Gasteiger partial charge < -0.3 is 10.8 Å². The first-order valence-electron chi connectivity index (χ1n) is 7.88. The van der Waals surface area contributed by atoms with Gasteiger partial charge in [0.25, 0.3) is 0 Å². The molecular formula is C18H24N2O. The normalized spacial score (nSPS) is 27.7. The molecule has 112 valence electrons. The van der Waals surface area contributed by atoms with Crippen LogP contribution in [0.4, 0.5) is 0 Å². The molecule has 3 rings (SSSR count). The summed E-state index contributed by atoms with van der Waals surface area (Å²) < 4.78 is 0. The van der Waals surface area contributed by atoms with Crippen LogP contribution in [0.1, 0.15) is 44.4 Å². The quantitative estimate of drug-likeness (QED) is 0.908. The number of nitrogens with two attached hydrogens (primary N) is 1. The highest BCUT2D eigenvalue weighted by molar-refractivity contribution is 5.78. The summed E-state index contributed by atoms with van der Waals surface area (Å²) in [5.41, 5.74) is 7.54. The molecule has 1 aromatic carbocycles. The Labute approximate surface area is 126 Å². The number of aromatic nitrogens is 1. The first-order chi connectivity index (χ1) is 10.1. The van der Waals surface area contributed by atoms with E-state index < -0.39 is 6.10 Å². The fourth-order valence-corrected chi connectivity index (χ4v) is 3.79. The van der Waals surface area contributed by atoms with Crippen molar-refractivity contribution in [1.29, 1.82) is 0 Å². The molecule has 3 N–H and O–H groups in total. The predicted octanol–water partition coefficient (Wildman–Crippen LogP) is 3.42. The molecule has 0 spiro atoms. The minimum atomic E-state index is -0.574. The van der Waals surface area contributed by atoms with Crippen LogP contribution in [0, 0.1) is 11.3 Å². The molecule has 1 aliphatic rings. The van der Waals surface area contributed by atoms with E-state index in [4.69, 9.17) is 5.73 Å². The van der Waals surface area contributed by atoms with Crippen molar-refractivity contribution < 1.29 is 5.11 Å². The van der Waals surface area contributed by atoms with E-state index >= 15 is 0 Å². The molecule has 1 saturated carbocycles. The number of aliphatic hydroxyl groups excluding tert-OH is 1. The van der Waals surface area contributed by atoms with E-state index in [-0.39, 0.29) is 5.41 Å². The molecule has 0 aliphatic heterocycles. The lowest BCUT2D eigenvalue weighted by molar-refractivity contribution is -0.0154. The number of nitrogens with zero attached hydrogens (tertiary/aromatic N) is 1. The molecule has 2 aromatic rings. The predicted molar refractivity (Wildman–Crippen MR) is 85.8 cm³/mol. The van der Waals surface area contributed by atoms with Gasteiger partial charge in [-0.3, -0.25) is 4.98 Å². The molecule has 0 amide bonds. The molecule has 1 heterocycles. The van der Waals surface area contributed by atoms with Crippen molar-refractivity contribution >= 4 is 10.9 Å². The zero-order valence-electron chi connectivity index (χ0n) is 12.6. The standard InChI is InChI=1S/C18H24N2O/c1-13-5-4-10-18(11-13,12-19)17(21)16-9-8-14-6-2-3-7-15(14)20-16/h2-3,6-9,13,17,21H,4-5,10-12,19H2,1H3. The largest absolute Gasteiger partial charge is 0.386 e. The summed E-state index contributed by atoms with van der Waals surface area (Å²) in [5.74, 6) is 0.623. The number of hydrogen-bond donors (Lipinski definition) is 2. The second-order valence-electron chi connectivity index (χ2n) is 6.60. The SMILES string of the molecule is CC1CCCC(CN)(C(O)c2ccc3ccccc3n2)C1. The van der Waals surface area contributed by atoms with Gasteiger partial charge in [0.15, 0.2) is 0 Å². The molecule has 0 radical (unpaired) electrons. The Balaban J connectivity index is 1.96. The second kappa shape index (κ2) is 5.74. The summed E-state index contributed by atoms with van der Waals surface area (Å²) >= 11 is 0. The van der Waals surface area contributed by atoms with E-state index in [0.29, 0.717) is 12.5 Å². The summed E-state index contributed by atoms with van der Waals surface area (Å²) in [7, 11) is 0. The second-order valence-corrected chi connectivity index (χ2v) is 6.60. The monoisotopic (exact) mass is 284 g/mol. The van der Waals surface area contributed by atoms with Crippen molar-refractivity contribution in [1.82, 2.24) is 4.98 Å². The summed E-state index contributed by atoms with van der Waals surface area (Å²) in [6.07, 6.45) is 3.78. The van der Waals surface area contributed by atoms with Crippen molar-refractivity contribution in [3.8, 4) is 0 Å². The molecule has 3 heteroatoms. The van der Waals surface area contributed by atoms with Gasteiger partial charge in [0.2, 0.25) is 0 Å². The molecule has 21 heavy (non-hydrogen) atoms. The van der Waals surface area contributed by atoms with E-state index in [1.807, 2.05) is 36.4 Å². The summed E-state index contributed by atoms with van der Waals surface area (Å²) in [4.78, 5) is 4.66. The van der Waals surface area contributed by atoms with Crippen LogP contribution in [0.2, 0.25) is 0 Å². The minimum Gasteiger partial charge on any atom is -0.386 e. The van der Waals surface area contributed by atoms with Crippen LogP contribution >= 0.6 is 0 Å². The lowest BCUT2D eigenvalue weighted by Crippen LogP contribution is -2.41. The molecule has 3 unspecified atom stereocenters. The van der Waals surface area contributed by atoms with Crippen LogP contribution in [0.5, 0.6) is 0 Å². The number of benzene rings is 1. The van der Waals surface area contributed by atoms with Gasteiger partial charge >= 0.3 is 0 Å². The van der Waals surface area contributed by atoms with Crippen LogP contribution < -0.4 is 5.73 Å². The Morgan fingerprint density at radius 3 is 2.90 bits per heavy atom. The number of fused-ring (bicyclic) bond motifs is 1. The highest BCUT2D eigenvalue weighted by Crippen LogP contribution is 2.46. The maximum atomic E-state index is 10.9. The van der Waals surface area contributed by atoms with Crippen LogP contribution in [0.15, 0.2) is 36.4 Å². The third-order valence-corrected chi connectivity index (χ3v) is 5.01. The van der Waals surface area contributed by atoms with Crippen LogP contribution in [-0.2, 0) is 0 Å². The van der Waals surface area contributed by atoms with E-state index in [9.17, 15) is 5.11 Å². The first kappa shape index (κ1) is 14.5. The smallest absolute Gasteiger partial charge is 0.103 e. The van der Waals surface area contributed by atoms with Crippen LogP contribution in [-0.4, -0.2) is 16.6 Å². The third kappa shape index (κ3) is 2.68. The Kier molecular flexibility index (Phi) is 3.96. The Hall–Kier alpha value is -1.45. The summed E-state index contributed by atoms with van der Waals surface area (Å²) in [6.45, 7) is 2.77. The molecule has 1 fully saturated rings. The average molecular weight is 284 g/mol. The molecule has 1 aliphatic carbocycles. The van der Waals surface area contributed by atoms with Gasteiger partial charge in [-0.05, 0) is 30.9 Å².